The molecule has 0 saturated heterocycles. The Morgan fingerprint density at radius 3 is 2.27 bits per heavy atom. The van der Waals surface area contributed by atoms with Gasteiger partial charge in [0.2, 0.25) is 0 Å². The Morgan fingerprint density at radius 2 is 1.62 bits per heavy atom. The average molecular weight is 362 g/mol. The van der Waals surface area contributed by atoms with Crippen molar-refractivity contribution in [2.24, 2.45) is 5.92 Å². The molecule has 1 aliphatic rings. The lowest BCUT2D eigenvalue weighted by atomic mass is 9.82. The molecule has 0 N–H and O–H groups in total. The van der Waals surface area contributed by atoms with Crippen LogP contribution in [0.5, 0.6) is 0 Å². The van der Waals surface area contributed by atoms with Gasteiger partial charge in [-0.3, -0.25) is 0 Å². The van der Waals surface area contributed by atoms with E-state index in [0.29, 0.717) is 36.1 Å². The van der Waals surface area contributed by atoms with Crippen molar-refractivity contribution in [1.29, 1.82) is 0 Å². The van der Waals surface area contributed by atoms with Crippen molar-refractivity contribution in [2.45, 2.75) is 26.2 Å². The van der Waals surface area contributed by atoms with Crippen LogP contribution in [0.1, 0.15) is 35.6 Å². The van der Waals surface area contributed by atoms with Gasteiger partial charge in [-0.15, -0.1) is 0 Å². The highest BCUT2D eigenvalue weighted by Crippen LogP contribution is 2.31. The lowest BCUT2D eigenvalue weighted by Gasteiger charge is -2.23. The summed E-state index contributed by atoms with van der Waals surface area (Å²) in [6.07, 6.45) is 5.70. The SMILES string of the molecule is CC=CC1CCc2c(cc(F)c(C#Cc3cc(F)c(F)c(F)c3)c2F)C1. The highest BCUT2D eigenvalue weighted by molar-refractivity contribution is 5.48. The van der Waals surface area contributed by atoms with Gasteiger partial charge in [0, 0.05) is 5.56 Å². The molecule has 0 aliphatic heterocycles. The van der Waals surface area contributed by atoms with Crippen molar-refractivity contribution in [2.75, 3.05) is 0 Å². The molecule has 1 atom stereocenters. The Balaban J connectivity index is 1.99. The van der Waals surface area contributed by atoms with Crippen LogP contribution in [-0.2, 0) is 12.8 Å². The Morgan fingerprint density at radius 1 is 0.923 bits per heavy atom. The molecule has 2 aromatic carbocycles. The number of fused-ring (bicyclic) bond motifs is 1. The zero-order chi connectivity index (χ0) is 18.8. The van der Waals surface area contributed by atoms with E-state index in [1.165, 1.54) is 6.07 Å². The van der Waals surface area contributed by atoms with Gasteiger partial charge in [0.25, 0.3) is 0 Å². The maximum absolute atomic E-state index is 14.7. The van der Waals surface area contributed by atoms with E-state index < -0.39 is 34.6 Å². The number of hydrogen-bond donors (Lipinski definition) is 0. The molecule has 134 valence electrons. The van der Waals surface area contributed by atoms with Crippen LogP contribution in [0.25, 0.3) is 0 Å². The summed E-state index contributed by atoms with van der Waals surface area (Å²) >= 11 is 0. The summed E-state index contributed by atoms with van der Waals surface area (Å²) < 4.78 is 68.4. The van der Waals surface area contributed by atoms with E-state index in [2.05, 4.69) is 11.8 Å². The van der Waals surface area contributed by atoms with Gasteiger partial charge in [-0.05, 0) is 61.4 Å². The monoisotopic (exact) mass is 362 g/mol. The van der Waals surface area contributed by atoms with Crippen LogP contribution >= 0.6 is 0 Å². The highest BCUT2D eigenvalue weighted by Gasteiger charge is 2.23. The normalized spacial score (nSPS) is 16.3. The quantitative estimate of drug-likeness (QED) is 0.273. The van der Waals surface area contributed by atoms with Gasteiger partial charge in [0.1, 0.15) is 11.6 Å². The lowest BCUT2D eigenvalue weighted by molar-refractivity contribution is 0.446. The molecule has 0 fully saturated rings. The minimum atomic E-state index is -1.61. The third kappa shape index (κ3) is 3.50. The molecule has 0 heterocycles. The first kappa shape index (κ1) is 18.2. The largest absolute Gasteiger partial charge is 0.206 e. The van der Waals surface area contributed by atoms with E-state index in [4.69, 9.17) is 0 Å². The lowest BCUT2D eigenvalue weighted by Crippen LogP contribution is -2.15. The maximum atomic E-state index is 14.7. The van der Waals surface area contributed by atoms with Gasteiger partial charge in [-0.2, -0.15) is 0 Å². The molecular weight excluding hydrogens is 347 g/mol. The van der Waals surface area contributed by atoms with Crippen LogP contribution in [0, 0.1) is 46.8 Å². The summed E-state index contributed by atoms with van der Waals surface area (Å²) in [7, 11) is 0. The fourth-order valence-electron chi connectivity index (χ4n) is 3.19. The number of benzene rings is 2. The van der Waals surface area contributed by atoms with Gasteiger partial charge in [-0.25, -0.2) is 22.0 Å². The van der Waals surface area contributed by atoms with E-state index in [9.17, 15) is 22.0 Å². The molecule has 0 saturated carbocycles. The molecule has 0 radical (unpaired) electrons. The van der Waals surface area contributed by atoms with Crippen molar-refractivity contribution >= 4 is 0 Å². The Labute approximate surface area is 148 Å². The van der Waals surface area contributed by atoms with Crippen LogP contribution in [0.15, 0.2) is 30.4 Å². The second-order valence-electron chi connectivity index (χ2n) is 6.22. The maximum Gasteiger partial charge on any atom is 0.194 e. The molecule has 0 amide bonds. The summed E-state index contributed by atoms with van der Waals surface area (Å²) in [5.74, 6) is -1.16. The Bertz CT molecular complexity index is 924. The first-order valence-corrected chi connectivity index (χ1v) is 8.19. The van der Waals surface area contributed by atoms with E-state index >= 15 is 0 Å². The molecule has 0 aromatic heterocycles. The summed E-state index contributed by atoms with van der Waals surface area (Å²) in [4.78, 5) is 0. The molecule has 5 heteroatoms. The summed E-state index contributed by atoms with van der Waals surface area (Å²) in [5.41, 5.74) is 0.385. The summed E-state index contributed by atoms with van der Waals surface area (Å²) in [6, 6.07) is 2.63. The van der Waals surface area contributed by atoms with E-state index in [1.54, 1.807) is 0 Å². The summed E-state index contributed by atoms with van der Waals surface area (Å²) in [5, 5.41) is 0. The second-order valence-corrected chi connectivity index (χ2v) is 6.22. The number of halogens is 5. The number of rotatable bonds is 1. The topological polar surface area (TPSA) is 0 Å². The summed E-state index contributed by atoms with van der Waals surface area (Å²) in [6.45, 7) is 1.90. The minimum absolute atomic E-state index is 0.203. The van der Waals surface area contributed by atoms with Gasteiger partial charge >= 0.3 is 0 Å². The molecule has 0 bridgehead atoms. The van der Waals surface area contributed by atoms with Crippen LogP contribution in [0.3, 0.4) is 0 Å². The van der Waals surface area contributed by atoms with Crippen LogP contribution in [0.2, 0.25) is 0 Å². The average Bonchev–Trinajstić information content (AvgIpc) is 2.59. The Kier molecular flexibility index (Phi) is 5.13. The van der Waals surface area contributed by atoms with Gasteiger partial charge in [0.15, 0.2) is 17.5 Å². The third-order valence-corrected chi connectivity index (χ3v) is 4.44. The molecular formula is C21H15F5. The first-order chi connectivity index (χ1) is 12.4. The van der Waals surface area contributed by atoms with Crippen LogP contribution < -0.4 is 0 Å². The predicted molar refractivity (Wildman–Crippen MR) is 89.0 cm³/mol. The van der Waals surface area contributed by atoms with Crippen molar-refractivity contribution < 1.29 is 22.0 Å². The van der Waals surface area contributed by atoms with Gasteiger partial charge in [-0.1, -0.05) is 24.0 Å². The Hall–Kier alpha value is -2.61. The second kappa shape index (κ2) is 7.33. The molecule has 3 rings (SSSR count). The van der Waals surface area contributed by atoms with Crippen molar-refractivity contribution in [3.05, 3.63) is 81.7 Å². The highest BCUT2D eigenvalue weighted by atomic mass is 19.2. The minimum Gasteiger partial charge on any atom is -0.206 e. The molecule has 0 nitrogen and oxygen atoms in total. The third-order valence-electron chi connectivity index (χ3n) is 4.44. The molecule has 26 heavy (non-hydrogen) atoms. The van der Waals surface area contributed by atoms with Crippen LogP contribution in [0.4, 0.5) is 22.0 Å². The molecule has 1 unspecified atom stereocenters. The first-order valence-electron chi connectivity index (χ1n) is 8.19. The fourth-order valence-corrected chi connectivity index (χ4v) is 3.19. The standard InChI is InChI=1S/C21H15F5/c1-2-3-12-4-6-15-14(8-12)11-17(22)16(20(15)25)7-5-13-9-18(23)21(26)19(24)10-13/h2-3,9-12H,4,6,8H2,1H3. The van der Waals surface area contributed by atoms with Crippen molar-refractivity contribution in [3.63, 3.8) is 0 Å². The predicted octanol–water partition coefficient (Wildman–Crippen LogP) is 5.46. The van der Waals surface area contributed by atoms with Crippen molar-refractivity contribution in [3.8, 4) is 11.8 Å². The smallest absolute Gasteiger partial charge is 0.194 e. The fraction of sp³-hybridized carbons (Fsp3) is 0.238. The zero-order valence-electron chi connectivity index (χ0n) is 14.0. The van der Waals surface area contributed by atoms with Gasteiger partial charge < -0.3 is 0 Å². The van der Waals surface area contributed by atoms with E-state index in [1.807, 2.05) is 19.1 Å². The molecule has 2 aromatic rings. The zero-order valence-corrected chi connectivity index (χ0v) is 14.0. The van der Waals surface area contributed by atoms with Crippen LogP contribution in [-0.4, -0.2) is 0 Å². The molecule has 1 aliphatic carbocycles. The number of allylic oxidation sites excluding steroid dienone is 2. The molecule has 0 spiro atoms. The van der Waals surface area contributed by atoms with Gasteiger partial charge in [0.05, 0.1) is 5.56 Å². The van der Waals surface area contributed by atoms with E-state index in [0.717, 1.165) is 6.42 Å². The number of hydrogen-bond acceptors (Lipinski definition) is 0. The van der Waals surface area contributed by atoms with Crippen molar-refractivity contribution in [1.82, 2.24) is 0 Å². The van der Waals surface area contributed by atoms with E-state index in [-0.39, 0.29) is 11.5 Å².